The largest absolute Gasteiger partial charge is 0.497 e. The number of nitrogens with zero attached hydrogens (tertiary/aromatic N) is 4. The Balaban J connectivity index is 0.000000349. The molecule has 39 heavy (non-hydrogen) atoms. The quantitative estimate of drug-likeness (QED) is 0.296. The first-order chi connectivity index (χ1) is 18.6. The molecule has 214 valence electrons. The Morgan fingerprint density at radius 3 is 2.05 bits per heavy atom. The summed E-state index contributed by atoms with van der Waals surface area (Å²) in [5.41, 5.74) is -0.306. The maximum absolute atomic E-state index is 10.3. The average Bonchev–Trinajstić information content (AvgIpc) is 3.13. The van der Waals surface area contributed by atoms with E-state index in [9.17, 15) is 14.4 Å². The van der Waals surface area contributed by atoms with Gasteiger partial charge in [0, 0.05) is 69.9 Å². The Morgan fingerprint density at radius 1 is 0.923 bits per heavy atom. The normalized spacial score (nSPS) is 14.1. The third-order valence-corrected chi connectivity index (χ3v) is 6.01. The topological polar surface area (TPSA) is 183 Å². The molecule has 2 aromatic rings. The number of hydrogen-bond donors (Lipinski definition) is 4. The van der Waals surface area contributed by atoms with E-state index in [4.69, 9.17) is 29.9 Å². The van der Waals surface area contributed by atoms with Gasteiger partial charge in [-0.1, -0.05) is 0 Å². The molecule has 1 fully saturated rings. The lowest BCUT2D eigenvalue weighted by Crippen LogP contribution is -2.42. The average molecular weight is 549 g/mol. The van der Waals surface area contributed by atoms with Crippen LogP contribution in [0.15, 0.2) is 36.7 Å². The molecule has 0 amide bonds. The smallest absolute Gasteiger partial charge is 0.336 e. The Kier molecular flexibility index (Phi) is 12.5. The van der Waals surface area contributed by atoms with Crippen molar-refractivity contribution >= 4 is 23.6 Å². The molecule has 0 radical (unpaired) electrons. The number of carbonyl (C=O) groups is 3. The second kappa shape index (κ2) is 15.6. The van der Waals surface area contributed by atoms with E-state index >= 15 is 0 Å². The minimum Gasteiger partial charge on any atom is -0.497 e. The van der Waals surface area contributed by atoms with E-state index in [-0.39, 0.29) is 0 Å². The molecule has 0 aliphatic carbocycles. The van der Waals surface area contributed by atoms with Gasteiger partial charge in [-0.25, -0.2) is 14.8 Å². The molecule has 13 nitrogen and oxygen atoms in total. The van der Waals surface area contributed by atoms with Crippen LogP contribution in [-0.2, 0) is 32.1 Å². The van der Waals surface area contributed by atoms with Gasteiger partial charge in [0.15, 0.2) is 5.60 Å². The Hall–Kier alpha value is -3.81. The van der Waals surface area contributed by atoms with Crippen LogP contribution in [0.1, 0.15) is 30.7 Å². The van der Waals surface area contributed by atoms with Crippen molar-refractivity contribution in [3.8, 4) is 5.75 Å². The molecule has 0 atom stereocenters. The summed E-state index contributed by atoms with van der Waals surface area (Å²) in [5, 5.41) is 33.8. The molecular formula is C26H36N4O9. The molecule has 0 saturated carbocycles. The highest BCUT2D eigenvalue weighted by Gasteiger charge is 2.40. The molecule has 1 aliphatic heterocycles. The van der Waals surface area contributed by atoms with Crippen LogP contribution in [-0.4, -0.2) is 106 Å². The fraction of sp³-hybridized carbons (Fsp3) is 0.500. The first kappa shape index (κ1) is 31.4. The number of carboxylic acid groups (broad SMARTS) is 3. The van der Waals surface area contributed by atoms with E-state index in [1.807, 2.05) is 24.5 Å². The van der Waals surface area contributed by atoms with Crippen molar-refractivity contribution in [3.05, 3.63) is 48.0 Å². The molecule has 3 rings (SSSR count). The molecule has 1 saturated heterocycles. The number of methoxy groups -OCH3 is 2. The van der Waals surface area contributed by atoms with Gasteiger partial charge >= 0.3 is 17.9 Å². The van der Waals surface area contributed by atoms with Gasteiger partial charge in [0.2, 0.25) is 0 Å². The van der Waals surface area contributed by atoms with E-state index in [2.05, 4.69) is 31.9 Å². The highest BCUT2D eigenvalue weighted by Crippen LogP contribution is 2.21. The van der Waals surface area contributed by atoms with Crippen LogP contribution in [0.25, 0.3) is 0 Å². The number of anilines is 1. The number of ether oxygens (including phenoxy) is 2. The number of carboxylic acids is 3. The predicted molar refractivity (Wildman–Crippen MR) is 140 cm³/mol. The third-order valence-electron chi connectivity index (χ3n) is 6.01. The van der Waals surface area contributed by atoms with Crippen molar-refractivity contribution < 1.29 is 44.3 Å². The van der Waals surface area contributed by atoms with Crippen LogP contribution >= 0.6 is 0 Å². The van der Waals surface area contributed by atoms with Crippen LogP contribution in [0.4, 0.5) is 5.69 Å². The zero-order chi connectivity index (χ0) is 28.8. The van der Waals surface area contributed by atoms with E-state index in [1.54, 1.807) is 14.2 Å². The summed E-state index contributed by atoms with van der Waals surface area (Å²) < 4.78 is 10.3. The molecular weight excluding hydrogens is 512 g/mol. The van der Waals surface area contributed by atoms with Crippen LogP contribution in [0.3, 0.4) is 0 Å². The van der Waals surface area contributed by atoms with Gasteiger partial charge in [-0.05, 0) is 30.7 Å². The number of benzene rings is 1. The third kappa shape index (κ3) is 10.8. The molecule has 0 spiro atoms. The molecule has 0 bridgehead atoms. The van der Waals surface area contributed by atoms with Crippen molar-refractivity contribution in [2.24, 2.45) is 0 Å². The van der Waals surface area contributed by atoms with Gasteiger partial charge in [0.05, 0.1) is 26.6 Å². The number of aliphatic carboxylic acids is 3. The Morgan fingerprint density at radius 2 is 1.54 bits per heavy atom. The maximum atomic E-state index is 10.3. The molecule has 13 heteroatoms. The second-order valence-electron chi connectivity index (χ2n) is 9.04. The summed E-state index contributed by atoms with van der Waals surface area (Å²) in [6.45, 7) is 5.80. The standard InChI is InChI=1S/C20H28N4O2.C6H8O7/c1-25-13-8-20-21-14-17(15-22-20)16-23-9-3-10-24(12-11-23)18-4-6-19(26-2)7-5-18;7-3(8)1-6(13,5(11)12)2-4(9)10/h4-7,14-15H,3,8-13,16H2,1-2H3;13H,1-2H2,(H,7,8)(H,9,10)(H,11,12). The lowest BCUT2D eigenvalue weighted by molar-refractivity contribution is -0.170. The lowest BCUT2D eigenvalue weighted by atomic mass is 9.96. The van der Waals surface area contributed by atoms with Crippen molar-refractivity contribution in [1.29, 1.82) is 0 Å². The fourth-order valence-corrected chi connectivity index (χ4v) is 3.94. The van der Waals surface area contributed by atoms with Gasteiger partial charge in [-0.15, -0.1) is 0 Å². The minimum absolute atomic E-state index is 0.659. The summed E-state index contributed by atoms with van der Waals surface area (Å²) >= 11 is 0. The number of aliphatic hydroxyl groups is 1. The van der Waals surface area contributed by atoms with Crippen LogP contribution in [0, 0.1) is 0 Å². The fourth-order valence-electron chi connectivity index (χ4n) is 3.94. The van der Waals surface area contributed by atoms with Gasteiger partial charge in [-0.3, -0.25) is 14.5 Å². The summed E-state index contributed by atoms with van der Waals surface area (Å²) in [7, 11) is 3.40. The lowest BCUT2D eigenvalue weighted by Gasteiger charge is -2.23. The van der Waals surface area contributed by atoms with Gasteiger partial charge < -0.3 is 34.8 Å². The predicted octanol–water partition coefficient (Wildman–Crippen LogP) is 1.14. The molecule has 0 unspecified atom stereocenters. The summed E-state index contributed by atoms with van der Waals surface area (Å²) in [6.07, 6.45) is 3.52. The Labute approximate surface area is 226 Å². The molecule has 1 aliphatic rings. The van der Waals surface area contributed by atoms with Crippen molar-refractivity contribution in [2.75, 3.05) is 51.9 Å². The minimum atomic E-state index is -2.74. The number of rotatable bonds is 12. The molecule has 1 aromatic carbocycles. The zero-order valence-electron chi connectivity index (χ0n) is 22.2. The highest BCUT2D eigenvalue weighted by molar-refractivity contribution is 5.88. The van der Waals surface area contributed by atoms with E-state index in [0.29, 0.717) is 6.61 Å². The first-order valence-corrected chi connectivity index (χ1v) is 12.4. The molecule has 1 aromatic heterocycles. The van der Waals surface area contributed by atoms with E-state index in [0.717, 1.165) is 57.1 Å². The van der Waals surface area contributed by atoms with Crippen molar-refractivity contribution in [2.45, 2.75) is 37.8 Å². The Bertz CT molecular complexity index is 1050. The van der Waals surface area contributed by atoms with Crippen molar-refractivity contribution in [3.63, 3.8) is 0 Å². The van der Waals surface area contributed by atoms with Gasteiger partial charge in [0.1, 0.15) is 11.6 Å². The van der Waals surface area contributed by atoms with Crippen LogP contribution < -0.4 is 9.64 Å². The monoisotopic (exact) mass is 548 g/mol. The summed E-state index contributed by atoms with van der Waals surface area (Å²) in [5.74, 6) is -3.27. The number of aromatic nitrogens is 2. The summed E-state index contributed by atoms with van der Waals surface area (Å²) in [6, 6.07) is 8.34. The number of hydrogen-bond acceptors (Lipinski definition) is 10. The molecule has 2 heterocycles. The van der Waals surface area contributed by atoms with Gasteiger partial charge in [0.25, 0.3) is 0 Å². The van der Waals surface area contributed by atoms with Crippen molar-refractivity contribution in [1.82, 2.24) is 14.9 Å². The van der Waals surface area contributed by atoms with Gasteiger partial charge in [-0.2, -0.15) is 0 Å². The second-order valence-corrected chi connectivity index (χ2v) is 9.04. The maximum Gasteiger partial charge on any atom is 0.336 e. The molecule has 4 N–H and O–H groups in total. The zero-order valence-corrected chi connectivity index (χ0v) is 22.2. The summed E-state index contributed by atoms with van der Waals surface area (Å²) in [4.78, 5) is 44.3. The van der Waals surface area contributed by atoms with E-state index in [1.165, 1.54) is 11.3 Å². The van der Waals surface area contributed by atoms with E-state index < -0.39 is 36.4 Å². The highest BCUT2D eigenvalue weighted by atomic mass is 16.5. The first-order valence-electron chi connectivity index (χ1n) is 12.4. The van der Waals surface area contributed by atoms with Crippen LogP contribution in [0.5, 0.6) is 5.75 Å². The SMILES string of the molecule is COCCc1ncc(CN2CCCN(c3ccc(OC)cc3)CC2)cn1.O=C(O)CC(O)(CC(=O)O)C(=O)O. The van der Waals surface area contributed by atoms with Crippen LogP contribution in [0.2, 0.25) is 0 Å².